The van der Waals surface area contributed by atoms with Gasteiger partial charge < -0.3 is 9.73 Å². The molecule has 1 aromatic carbocycles. The highest BCUT2D eigenvalue weighted by Crippen LogP contribution is 2.20. The number of para-hydroxylation sites is 2. The summed E-state index contributed by atoms with van der Waals surface area (Å²) < 4.78 is 32.6. The van der Waals surface area contributed by atoms with Gasteiger partial charge in [-0.1, -0.05) is 12.1 Å². The Bertz CT molecular complexity index is 975. The van der Waals surface area contributed by atoms with Gasteiger partial charge in [0.2, 0.25) is 10.0 Å². The largest absolute Gasteiger partial charge is 0.424 e. The number of anilines is 1. The first kappa shape index (κ1) is 16.1. The van der Waals surface area contributed by atoms with Crippen LogP contribution in [-0.4, -0.2) is 40.3 Å². The molecule has 8 nitrogen and oxygen atoms in total. The SMILES string of the molecule is CS(=O)(=O)N1CCCn2nc(CNc3nc4ccccc4o3)cc2C1. The Morgan fingerprint density at radius 2 is 2.12 bits per heavy atom. The summed E-state index contributed by atoms with van der Waals surface area (Å²) in [6.07, 6.45) is 1.99. The van der Waals surface area contributed by atoms with E-state index in [2.05, 4.69) is 15.4 Å². The summed E-state index contributed by atoms with van der Waals surface area (Å²) in [5.41, 5.74) is 3.26. The van der Waals surface area contributed by atoms with Gasteiger partial charge >= 0.3 is 0 Å². The third kappa shape index (κ3) is 3.38. The lowest BCUT2D eigenvalue weighted by molar-refractivity contribution is 0.414. The number of hydrogen-bond acceptors (Lipinski definition) is 6. The second-order valence-electron chi connectivity index (χ2n) is 6.14. The standard InChI is InChI=1S/C16H19N5O3S/c1-25(22,23)20-7-4-8-21-13(11-20)9-12(19-21)10-17-16-18-14-5-2-3-6-15(14)24-16/h2-3,5-6,9H,4,7-8,10-11H2,1H3,(H,17,18). The van der Waals surface area contributed by atoms with Gasteiger partial charge in [0.25, 0.3) is 6.01 Å². The van der Waals surface area contributed by atoms with Gasteiger partial charge in [-0.3, -0.25) is 4.68 Å². The van der Waals surface area contributed by atoms with Crippen molar-refractivity contribution in [3.05, 3.63) is 41.7 Å². The Balaban J connectivity index is 1.49. The second kappa shape index (κ2) is 6.16. The molecule has 2 aromatic heterocycles. The molecule has 0 amide bonds. The zero-order chi connectivity index (χ0) is 17.4. The van der Waals surface area contributed by atoms with Crippen LogP contribution in [0.4, 0.5) is 6.01 Å². The molecule has 0 unspecified atom stereocenters. The van der Waals surface area contributed by atoms with E-state index >= 15 is 0 Å². The van der Waals surface area contributed by atoms with Crippen LogP contribution in [0.5, 0.6) is 0 Å². The first-order valence-corrected chi connectivity index (χ1v) is 9.94. The van der Waals surface area contributed by atoms with E-state index in [9.17, 15) is 8.42 Å². The average Bonchev–Trinajstić information content (AvgIpc) is 3.09. The summed E-state index contributed by atoms with van der Waals surface area (Å²) in [7, 11) is -3.20. The van der Waals surface area contributed by atoms with Crippen LogP contribution in [0, 0.1) is 0 Å². The van der Waals surface area contributed by atoms with E-state index in [1.807, 2.05) is 35.0 Å². The first-order chi connectivity index (χ1) is 12.0. The lowest BCUT2D eigenvalue weighted by Gasteiger charge is -2.16. The molecular weight excluding hydrogens is 342 g/mol. The quantitative estimate of drug-likeness (QED) is 0.762. The first-order valence-electron chi connectivity index (χ1n) is 8.09. The molecule has 132 valence electrons. The molecule has 3 aromatic rings. The number of rotatable bonds is 4. The maximum atomic E-state index is 11.8. The predicted molar refractivity (Wildman–Crippen MR) is 93.4 cm³/mol. The fourth-order valence-corrected chi connectivity index (χ4v) is 3.80. The fraction of sp³-hybridized carbons (Fsp3) is 0.375. The number of hydrogen-bond donors (Lipinski definition) is 1. The average molecular weight is 361 g/mol. The van der Waals surface area contributed by atoms with E-state index in [4.69, 9.17) is 4.42 Å². The molecule has 25 heavy (non-hydrogen) atoms. The van der Waals surface area contributed by atoms with Gasteiger partial charge in [-0.15, -0.1) is 0 Å². The lowest BCUT2D eigenvalue weighted by atomic mass is 10.3. The molecule has 0 bridgehead atoms. The number of aryl methyl sites for hydroxylation is 1. The molecule has 0 atom stereocenters. The van der Waals surface area contributed by atoms with Crippen molar-refractivity contribution in [3.63, 3.8) is 0 Å². The predicted octanol–water partition coefficient (Wildman–Crippen LogP) is 1.80. The zero-order valence-electron chi connectivity index (χ0n) is 13.8. The number of benzene rings is 1. The molecule has 0 fully saturated rings. The topological polar surface area (TPSA) is 93.3 Å². The number of sulfonamides is 1. The van der Waals surface area contributed by atoms with E-state index in [-0.39, 0.29) is 0 Å². The maximum absolute atomic E-state index is 11.8. The summed E-state index contributed by atoms with van der Waals surface area (Å²) >= 11 is 0. The zero-order valence-corrected chi connectivity index (χ0v) is 14.7. The van der Waals surface area contributed by atoms with E-state index in [0.29, 0.717) is 32.2 Å². The highest BCUT2D eigenvalue weighted by atomic mass is 32.2. The van der Waals surface area contributed by atoms with Crippen molar-refractivity contribution in [2.75, 3.05) is 18.1 Å². The Morgan fingerprint density at radius 1 is 1.28 bits per heavy atom. The van der Waals surface area contributed by atoms with Crippen LogP contribution in [0.2, 0.25) is 0 Å². The highest BCUT2D eigenvalue weighted by Gasteiger charge is 2.22. The van der Waals surface area contributed by atoms with Gasteiger partial charge in [-0.2, -0.15) is 14.4 Å². The van der Waals surface area contributed by atoms with Crippen LogP contribution in [-0.2, 0) is 29.7 Å². The number of aromatic nitrogens is 3. The minimum absolute atomic E-state index is 0.356. The van der Waals surface area contributed by atoms with Gasteiger partial charge in [0.15, 0.2) is 5.58 Å². The van der Waals surface area contributed by atoms with Gasteiger partial charge in [-0.05, 0) is 24.6 Å². The molecule has 1 N–H and O–H groups in total. The smallest absolute Gasteiger partial charge is 0.296 e. The molecule has 0 saturated heterocycles. The Labute approximate surface area is 145 Å². The molecule has 0 aliphatic carbocycles. The molecular formula is C16H19N5O3S. The summed E-state index contributed by atoms with van der Waals surface area (Å²) in [5.74, 6) is 0. The summed E-state index contributed by atoms with van der Waals surface area (Å²) in [5, 5.41) is 7.69. The third-order valence-electron chi connectivity index (χ3n) is 4.21. The Hall–Kier alpha value is -2.39. The van der Waals surface area contributed by atoms with Crippen LogP contribution in [0.3, 0.4) is 0 Å². The molecule has 0 saturated carbocycles. The fourth-order valence-electron chi connectivity index (χ4n) is 2.98. The van der Waals surface area contributed by atoms with Gasteiger partial charge in [-0.25, -0.2) is 8.42 Å². The second-order valence-corrected chi connectivity index (χ2v) is 8.12. The summed E-state index contributed by atoms with van der Waals surface area (Å²) in [6, 6.07) is 9.95. The maximum Gasteiger partial charge on any atom is 0.296 e. The van der Waals surface area contributed by atoms with Crippen molar-refractivity contribution in [2.24, 2.45) is 0 Å². The molecule has 1 aliphatic rings. The van der Waals surface area contributed by atoms with Gasteiger partial charge in [0.05, 0.1) is 30.7 Å². The van der Waals surface area contributed by atoms with Gasteiger partial charge in [0, 0.05) is 13.1 Å². The molecule has 0 radical (unpaired) electrons. The number of nitrogens with zero attached hydrogens (tertiary/aromatic N) is 4. The number of nitrogens with one attached hydrogen (secondary N) is 1. The summed E-state index contributed by atoms with van der Waals surface area (Å²) in [4.78, 5) is 4.37. The normalized spacial score (nSPS) is 15.9. The van der Waals surface area contributed by atoms with Crippen molar-refractivity contribution in [3.8, 4) is 0 Å². The molecule has 1 aliphatic heterocycles. The minimum Gasteiger partial charge on any atom is -0.424 e. The molecule has 9 heteroatoms. The number of oxazole rings is 1. The summed E-state index contributed by atoms with van der Waals surface area (Å²) in [6.45, 7) is 2.06. The van der Waals surface area contributed by atoms with Crippen LogP contribution in [0.15, 0.2) is 34.7 Å². The van der Waals surface area contributed by atoms with Gasteiger partial charge in [0.1, 0.15) is 5.52 Å². The van der Waals surface area contributed by atoms with Crippen molar-refractivity contribution in [1.29, 1.82) is 0 Å². The highest BCUT2D eigenvalue weighted by molar-refractivity contribution is 7.88. The van der Waals surface area contributed by atoms with Crippen LogP contribution in [0.25, 0.3) is 11.1 Å². The van der Waals surface area contributed by atoms with E-state index in [0.717, 1.165) is 28.9 Å². The van der Waals surface area contributed by atoms with Crippen LogP contribution < -0.4 is 5.32 Å². The van der Waals surface area contributed by atoms with Crippen molar-refractivity contribution >= 4 is 27.1 Å². The van der Waals surface area contributed by atoms with E-state index < -0.39 is 10.0 Å². The Morgan fingerprint density at radius 3 is 2.92 bits per heavy atom. The van der Waals surface area contributed by atoms with Crippen LogP contribution in [0.1, 0.15) is 17.8 Å². The van der Waals surface area contributed by atoms with E-state index in [1.165, 1.54) is 10.6 Å². The lowest BCUT2D eigenvalue weighted by Crippen LogP contribution is -2.29. The van der Waals surface area contributed by atoms with Crippen molar-refractivity contribution < 1.29 is 12.8 Å². The molecule has 4 rings (SSSR count). The van der Waals surface area contributed by atoms with Crippen molar-refractivity contribution in [2.45, 2.75) is 26.1 Å². The third-order valence-corrected chi connectivity index (χ3v) is 5.46. The monoisotopic (exact) mass is 361 g/mol. The van der Waals surface area contributed by atoms with Crippen molar-refractivity contribution in [1.82, 2.24) is 19.1 Å². The number of fused-ring (bicyclic) bond motifs is 2. The minimum atomic E-state index is -3.20. The molecule has 0 spiro atoms. The van der Waals surface area contributed by atoms with E-state index in [1.54, 1.807) is 0 Å². The van der Waals surface area contributed by atoms with Crippen LogP contribution >= 0.6 is 0 Å². The Kier molecular flexibility index (Phi) is 3.97. The molecule has 3 heterocycles.